The van der Waals surface area contributed by atoms with Gasteiger partial charge in [-0.05, 0) is 42.1 Å². The van der Waals surface area contributed by atoms with Crippen LogP contribution in [0.2, 0.25) is 0 Å². The van der Waals surface area contributed by atoms with Gasteiger partial charge in [-0.3, -0.25) is 4.79 Å². The maximum Gasteiger partial charge on any atom is 0.256 e. The summed E-state index contributed by atoms with van der Waals surface area (Å²) in [7, 11) is 0. The van der Waals surface area contributed by atoms with Gasteiger partial charge in [0.05, 0.1) is 12.2 Å². The molecule has 0 unspecified atom stereocenters. The van der Waals surface area contributed by atoms with E-state index in [1.165, 1.54) is 11.3 Å². The van der Waals surface area contributed by atoms with Gasteiger partial charge in [-0.1, -0.05) is 11.8 Å². The summed E-state index contributed by atoms with van der Waals surface area (Å²) in [5.74, 6) is 5.78. The van der Waals surface area contributed by atoms with Crippen LogP contribution in [0.3, 0.4) is 0 Å². The molecule has 1 aromatic heterocycles. The molecule has 1 aromatic carbocycles. The van der Waals surface area contributed by atoms with Crippen molar-refractivity contribution in [3.8, 4) is 11.8 Å². The van der Waals surface area contributed by atoms with Gasteiger partial charge in [-0.2, -0.15) is 11.3 Å². The smallest absolute Gasteiger partial charge is 0.256 e. The Bertz CT molecular complexity index is 651. The van der Waals surface area contributed by atoms with Gasteiger partial charge in [0.2, 0.25) is 0 Å². The molecule has 0 aliphatic heterocycles. The van der Waals surface area contributed by atoms with Crippen LogP contribution in [0.15, 0.2) is 35.0 Å². The van der Waals surface area contributed by atoms with Crippen molar-refractivity contribution in [2.75, 3.05) is 11.9 Å². The van der Waals surface area contributed by atoms with E-state index in [0.29, 0.717) is 12.0 Å². The van der Waals surface area contributed by atoms with E-state index in [0.717, 1.165) is 16.8 Å². The number of carbonyl (C=O) groups is 1. The summed E-state index contributed by atoms with van der Waals surface area (Å²) in [6.07, 6.45) is 0.468. The van der Waals surface area contributed by atoms with Crippen LogP contribution in [0.5, 0.6) is 0 Å². The van der Waals surface area contributed by atoms with Crippen molar-refractivity contribution in [3.05, 3.63) is 51.7 Å². The Morgan fingerprint density at radius 2 is 2.25 bits per heavy atom. The molecule has 2 aromatic rings. The minimum atomic E-state index is -0.107. The Balaban J connectivity index is 2.10. The number of hydrogen-bond acceptors (Lipinski definition) is 3. The topological polar surface area (TPSA) is 49.3 Å². The minimum Gasteiger partial charge on any atom is -0.395 e. The fourth-order valence-electron chi connectivity index (χ4n) is 1.69. The molecule has 2 rings (SSSR count). The second-order valence-electron chi connectivity index (χ2n) is 4.27. The first-order valence-corrected chi connectivity index (χ1v) is 7.19. The third kappa shape index (κ3) is 3.70. The number of nitrogens with one attached hydrogen (secondary N) is 1. The van der Waals surface area contributed by atoms with Gasteiger partial charge in [0.15, 0.2) is 0 Å². The fourth-order valence-corrected chi connectivity index (χ4v) is 2.33. The molecular formula is C16H15NO2S. The average Bonchev–Trinajstić information content (AvgIpc) is 2.95. The Hall–Kier alpha value is -2.09. The van der Waals surface area contributed by atoms with Crippen LogP contribution in [-0.2, 0) is 0 Å². The molecule has 4 heteroatoms. The van der Waals surface area contributed by atoms with Gasteiger partial charge in [-0.25, -0.2) is 0 Å². The summed E-state index contributed by atoms with van der Waals surface area (Å²) >= 11 is 1.50. The largest absolute Gasteiger partial charge is 0.395 e. The van der Waals surface area contributed by atoms with Crippen molar-refractivity contribution in [2.24, 2.45) is 0 Å². The maximum atomic E-state index is 11.9. The lowest BCUT2D eigenvalue weighted by atomic mass is 10.1. The average molecular weight is 285 g/mol. The SMILES string of the molecule is Cc1cc(NC(=O)c2ccsc2)ccc1C#CCCO. The van der Waals surface area contributed by atoms with E-state index in [1.54, 1.807) is 6.07 Å². The zero-order valence-electron chi connectivity index (χ0n) is 11.1. The highest BCUT2D eigenvalue weighted by Crippen LogP contribution is 2.16. The minimum absolute atomic E-state index is 0.0703. The Labute approximate surface area is 122 Å². The highest BCUT2D eigenvalue weighted by atomic mass is 32.1. The molecule has 0 aliphatic rings. The van der Waals surface area contributed by atoms with Crippen molar-refractivity contribution < 1.29 is 9.90 Å². The number of carbonyl (C=O) groups excluding carboxylic acids is 1. The lowest BCUT2D eigenvalue weighted by molar-refractivity contribution is 0.102. The molecule has 102 valence electrons. The molecule has 0 fully saturated rings. The summed E-state index contributed by atoms with van der Waals surface area (Å²) < 4.78 is 0. The third-order valence-corrected chi connectivity index (χ3v) is 3.41. The van der Waals surface area contributed by atoms with Crippen LogP contribution in [-0.4, -0.2) is 17.6 Å². The summed E-state index contributed by atoms with van der Waals surface area (Å²) in [5, 5.41) is 15.2. The van der Waals surface area contributed by atoms with Gasteiger partial charge >= 0.3 is 0 Å². The second kappa shape index (κ2) is 6.90. The van der Waals surface area contributed by atoms with Crippen LogP contribution in [0.4, 0.5) is 5.69 Å². The predicted octanol–water partition coefficient (Wildman–Crippen LogP) is 3.04. The molecule has 20 heavy (non-hydrogen) atoms. The Kier molecular flexibility index (Phi) is 4.94. The molecule has 0 radical (unpaired) electrons. The number of aliphatic hydroxyl groups excluding tert-OH is 1. The van der Waals surface area contributed by atoms with Crippen LogP contribution in [0, 0.1) is 18.8 Å². The van der Waals surface area contributed by atoms with Gasteiger partial charge < -0.3 is 10.4 Å². The van der Waals surface area contributed by atoms with Crippen molar-refractivity contribution >= 4 is 22.9 Å². The molecule has 1 heterocycles. The molecular weight excluding hydrogens is 270 g/mol. The van der Waals surface area contributed by atoms with Crippen LogP contribution >= 0.6 is 11.3 Å². The van der Waals surface area contributed by atoms with Crippen molar-refractivity contribution in [1.82, 2.24) is 0 Å². The number of benzene rings is 1. The van der Waals surface area contributed by atoms with E-state index in [9.17, 15) is 4.79 Å². The normalized spacial score (nSPS) is 9.70. The fraction of sp³-hybridized carbons (Fsp3) is 0.188. The number of hydrogen-bond donors (Lipinski definition) is 2. The molecule has 0 saturated carbocycles. The van der Waals surface area contributed by atoms with E-state index >= 15 is 0 Å². The van der Waals surface area contributed by atoms with Crippen molar-refractivity contribution in [3.63, 3.8) is 0 Å². The molecule has 0 bridgehead atoms. The maximum absolute atomic E-state index is 11.9. The molecule has 0 spiro atoms. The van der Waals surface area contributed by atoms with Crippen LogP contribution < -0.4 is 5.32 Å². The number of amides is 1. The van der Waals surface area contributed by atoms with E-state index in [-0.39, 0.29) is 12.5 Å². The molecule has 3 nitrogen and oxygen atoms in total. The zero-order chi connectivity index (χ0) is 14.4. The van der Waals surface area contributed by atoms with E-state index in [1.807, 2.05) is 35.9 Å². The first-order valence-electron chi connectivity index (χ1n) is 6.24. The molecule has 1 amide bonds. The highest BCUT2D eigenvalue weighted by molar-refractivity contribution is 7.08. The quantitative estimate of drug-likeness (QED) is 0.852. The summed E-state index contributed by atoms with van der Waals surface area (Å²) in [4.78, 5) is 11.9. The van der Waals surface area contributed by atoms with Gasteiger partial charge in [0.1, 0.15) is 0 Å². The molecule has 0 aliphatic carbocycles. The lowest BCUT2D eigenvalue weighted by Gasteiger charge is -2.06. The monoisotopic (exact) mass is 285 g/mol. The summed E-state index contributed by atoms with van der Waals surface area (Å²) in [5.41, 5.74) is 3.33. The predicted molar refractivity (Wildman–Crippen MR) is 82.0 cm³/mol. The van der Waals surface area contributed by atoms with Crippen molar-refractivity contribution in [2.45, 2.75) is 13.3 Å². The number of anilines is 1. The first kappa shape index (κ1) is 14.3. The lowest BCUT2D eigenvalue weighted by Crippen LogP contribution is -2.10. The number of thiophene rings is 1. The van der Waals surface area contributed by atoms with E-state index in [2.05, 4.69) is 17.2 Å². The Morgan fingerprint density at radius 3 is 2.90 bits per heavy atom. The zero-order valence-corrected chi connectivity index (χ0v) is 12.0. The van der Waals surface area contributed by atoms with Gasteiger partial charge in [0, 0.05) is 23.1 Å². The van der Waals surface area contributed by atoms with E-state index in [4.69, 9.17) is 5.11 Å². The van der Waals surface area contributed by atoms with Crippen LogP contribution in [0.25, 0.3) is 0 Å². The Morgan fingerprint density at radius 1 is 1.40 bits per heavy atom. The summed E-state index contributed by atoms with van der Waals surface area (Å²) in [6, 6.07) is 7.40. The third-order valence-electron chi connectivity index (χ3n) is 2.73. The van der Waals surface area contributed by atoms with Crippen LogP contribution in [0.1, 0.15) is 27.9 Å². The van der Waals surface area contributed by atoms with Gasteiger partial charge in [-0.15, -0.1) is 0 Å². The summed E-state index contributed by atoms with van der Waals surface area (Å²) in [6.45, 7) is 2.02. The second-order valence-corrected chi connectivity index (χ2v) is 5.05. The highest BCUT2D eigenvalue weighted by Gasteiger charge is 2.06. The number of aliphatic hydroxyl groups is 1. The first-order chi connectivity index (χ1) is 9.70. The standard InChI is InChI=1S/C16H15NO2S/c1-12-10-15(6-5-13(12)4-2-3-8-18)17-16(19)14-7-9-20-11-14/h5-7,9-11,18H,3,8H2,1H3,(H,17,19). The van der Waals surface area contributed by atoms with Crippen molar-refractivity contribution in [1.29, 1.82) is 0 Å². The van der Waals surface area contributed by atoms with Gasteiger partial charge in [0.25, 0.3) is 5.91 Å². The van der Waals surface area contributed by atoms with E-state index < -0.39 is 0 Å². The number of rotatable bonds is 3. The molecule has 0 saturated heterocycles. The number of aryl methyl sites for hydroxylation is 1. The molecule has 0 atom stereocenters. The molecule has 2 N–H and O–H groups in total.